The van der Waals surface area contributed by atoms with Gasteiger partial charge in [0.1, 0.15) is 6.73 Å². The Bertz CT molecular complexity index is 333. The SMILES string of the molecule is COOCNNC(=O)c1cccc(Cl)c1. The van der Waals surface area contributed by atoms with Crippen molar-refractivity contribution in [3.05, 3.63) is 34.9 Å². The summed E-state index contributed by atoms with van der Waals surface area (Å²) in [5.41, 5.74) is 5.39. The Morgan fingerprint density at radius 3 is 3.00 bits per heavy atom. The van der Waals surface area contributed by atoms with Crippen LogP contribution in [0.15, 0.2) is 24.3 Å². The van der Waals surface area contributed by atoms with Crippen molar-refractivity contribution >= 4 is 17.5 Å². The molecule has 0 fully saturated rings. The smallest absolute Gasteiger partial charge is 0.265 e. The Morgan fingerprint density at radius 2 is 2.33 bits per heavy atom. The number of carbonyl (C=O) groups excluding carboxylic acids is 1. The number of hydrogen-bond donors (Lipinski definition) is 2. The van der Waals surface area contributed by atoms with Gasteiger partial charge >= 0.3 is 0 Å². The van der Waals surface area contributed by atoms with Crippen LogP contribution in [0.4, 0.5) is 0 Å². The van der Waals surface area contributed by atoms with Gasteiger partial charge in [0.25, 0.3) is 5.91 Å². The van der Waals surface area contributed by atoms with Crippen LogP contribution >= 0.6 is 11.6 Å². The summed E-state index contributed by atoms with van der Waals surface area (Å²) >= 11 is 5.73. The summed E-state index contributed by atoms with van der Waals surface area (Å²) in [7, 11) is 1.38. The van der Waals surface area contributed by atoms with Gasteiger partial charge in [-0.3, -0.25) is 10.2 Å². The first-order valence-electron chi connectivity index (χ1n) is 4.18. The van der Waals surface area contributed by atoms with E-state index in [9.17, 15) is 4.79 Å². The summed E-state index contributed by atoms with van der Waals surface area (Å²) in [5.74, 6) is -0.294. The van der Waals surface area contributed by atoms with E-state index in [0.29, 0.717) is 10.6 Å². The summed E-state index contributed by atoms with van der Waals surface area (Å²) < 4.78 is 0. The standard InChI is InChI=1S/C9H11ClN2O3/c1-14-15-6-11-12-9(13)7-3-2-4-8(10)5-7/h2-5,11H,6H2,1H3,(H,12,13). The predicted octanol–water partition coefficient (Wildman–Crippen LogP) is 1.11. The van der Waals surface area contributed by atoms with E-state index in [2.05, 4.69) is 20.6 Å². The highest BCUT2D eigenvalue weighted by Crippen LogP contribution is 2.09. The summed E-state index contributed by atoms with van der Waals surface area (Å²) in [6.45, 7) is 0.0583. The van der Waals surface area contributed by atoms with Gasteiger partial charge in [-0.15, -0.1) is 0 Å². The lowest BCUT2D eigenvalue weighted by atomic mass is 10.2. The number of nitrogens with one attached hydrogen (secondary N) is 2. The van der Waals surface area contributed by atoms with Crippen molar-refractivity contribution in [2.24, 2.45) is 0 Å². The number of hydrazine groups is 1. The van der Waals surface area contributed by atoms with E-state index in [-0.39, 0.29) is 12.6 Å². The molecule has 2 N–H and O–H groups in total. The molecule has 0 heterocycles. The van der Waals surface area contributed by atoms with E-state index in [1.54, 1.807) is 24.3 Å². The van der Waals surface area contributed by atoms with Crippen molar-refractivity contribution < 1.29 is 14.6 Å². The third kappa shape index (κ3) is 4.26. The van der Waals surface area contributed by atoms with E-state index in [0.717, 1.165) is 0 Å². The minimum Gasteiger partial charge on any atom is -0.285 e. The summed E-state index contributed by atoms with van der Waals surface area (Å²) in [4.78, 5) is 20.2. The summed E-state index contributed by atoms with van der Waals surface area (Å²) in [6.07, 6.45) is 0. The van der Waals surface area contributed by atoms with Crippen molar-refractivity contribution in [2.45, 2.75) is 0 Å². The first-order chi connectivity index (χ1) is 7.24. The maximum absolute atomic E-state index is 11.4. The molecule has 0 saturated heterocycles. The Morgan fingerprint density at radius 1 is 1.53 bits per heavy atom. The van der Waals surface area contributed by atoms with Crippen molar-refractivity contribution in [3.8, 4) is 0 Å². The molecular weight excluding hydrogens is 220 g/mol. The monoisotopic (exact) mass is 230 g/mol. The molecule has 1 aromatic carbocycles. The average molecular weight is 231 g/mol. The van der Waals surface area contributed by atoms with Gasteiger partial charge < -0.3 is 0 Å². The second kappa shape index (κ2) is 6.36. The summed E-state index contributed by atoms with van der Waals surface area (Å²) in [5, 5.41) is 0.510. The van der Waals surface area contributed by atoms with Crippen LogP contribution in [0.2, 0.25) is 5.02 Å². The zero-order valence-corrected chi connectivity index (χ0v) is 8.88. The predicted molar refractivity (Wildman–Crippen MR) is 55.0 cm³/mol. The van der Waals surface area contributed by atoms with Gasteiger partial charge in [-0.1, -0.05) is 17.7 Å². The lowest BCUT2D eigenvalue weighted by Crippen LogP contribution is -2.38. The minimum atomic E-state index is -0.294. The highest BCUT2D eigenvalue weighted by atomic mass is 35.5. The van der Waals surface area contributed by atoms with Gasteiger partial charge in [0.15, 0.2) is 0 Å². The molecule has 1 rings (SSSR count). The number of halogens is 1. The van der Waals surface area contributed by atoms with Gasteiger partial charge in [-0.25, -0.2) is 15.2 Å². The Labute approximate surface area is 92.2 Å². The van der Waals surface area contributed by atoms with Crippen LogP contribution < -0.4 is 10.9 Å². The minimum absolute atomic E-state index is 0.0583. The van der Waals surface area contributed by atoms with Gasteiger partial charge in [-0.05, 0) is 18.2 Å². The van der Waals surface area contributed by atoms with Crippen LogP contribution in [0.25, 0.3) is 0 Å². The summed E-state index contributed by atoms with van der Waals surface area (Å²) in [6, 6.07) is 6.61. The molecule has 0 aliphatic carbocycles. The molecule has 0 atom stereocenters. The van der Waals surface area contributed by atoms with Gasteiger partial charge in [0.2, 0.25) is 0 Å². The molecule has 5 nitrogen and oxygen atoms in total. The highest BCUT2D eigenvalue weighted by Gasteiger charge is 2.04. The number of carbonyl (C=O) groups is 1. The lowest BCUT2D eigenvalue weighted by Gasteiger charge is -2.06. The fourth-order valence-electron chi connectivity index (χ4n) is 0.907. The lowest BCUT2D eigenvalue weighted by molar-refractivity contribution is -0.278. The molecule has 0 aromatic heterocycles. The van der Waals surface area contributed by atoms with E-state index in [1.807, 2.05) is 0 Å². The Kier molecular flexibility index (Phi) is 5.06. The zero-order valence-electron chi connectivity index (χ0n) is 8.12. The van der Waals surface area contributed by atoms with Crippen LogP contribution in [0.3, 0.4) is 0 Å². The van der Waals surface area contributed by atoms with Gasteiger partial charge in [0, 0.05) is 10.6 Å². The number of hydrogen-bond acceptors (Lipinski definition) is 4. The molecule has 1 aromatic rings. The first-order valence-corrected chi connectivity index (χ1v) is 4.56. The van der Waals surface area contributed by atoms with Crippen molar-refractivity contribution in [1.82, 2.24) is 10.9 Å². The molecule has 0 radical (unpaired) electrons. The van der Waals surface area contributed by atoms with Crippen LogP contribution in [0.1, 0.15) is 10.4 Å². The number of rotatable bonds is 5. The second-order valence-corrected chi connectivity index (χ2v) is 3.01. The fraction of sp³-hybridized carbons (Fsp3) is 0.222. The molecule has 0 spiro atoms. The van der Waals surface area contributed by atoms with E-state index < -0.39 is 0 Å². The number of benzene rings is 1. The van der Waals surface area contributed by atoms with Gasteiger partial charge in [0.05, 0.1) is 7.11 Å². The van der Waals surface area contributed by atoms with E-state index >= 15 is 0 Å². The third-order valence-corrected chi connectivity index (χ3v) is 1.77. The molecule has 6 heteroatoms. The van der Waals surface area contributed by atoms with Crippen molar-refractivity contribution in [1.29, 1.82) is 0 Å². The molecule has 82 valence electrons. The molecule has 15 heavy (non-hydrogen) atoms. The fourth-order valence-corrected chi connectivity index (χ4v) is 1.10. The molecule has 0 bridgehead atoms. The van der Waals surface area contributed by atoms with Crippen molar-refractivity contribution in [3.63, 3.8) is 0 Å². The second-order valence-electron chi connectivity index (χ2n) is 2.57. The molecule has 0 saturated carbocycles. The molecule has 1 amide bonds. The zero-order chi connectivity index (χ0) is 11.1. The Balaban J connectivity index is 2.40. The van der Waals surface area contributed by atoms with Crippen LogP contribution in [-0.4, -0.2) is 19.7 Å². The highest BCUT2D eigenvalue weighted by molar-refractivity contribution is 6.30. The van der Waals surface area contributed by atoms with E-state index in [4.69, 9.17) is 11.6 Å². The van der Waals surface area contributed by atoms with E-state index in [1.165, 1.54) is 7.11 Å². The normalized spacial score (nSPS) is 10.0. The molecule has 0 unspecified atom stereocenters. The molecule has 0 aliphatic rings. The first kappa shape index (κ1) is 11.9. The maximum atomic E-state index is 11.4. The number of amides is 1. The average Bonchev–Trinajstić information content (AvgIpc) is 2.24. The molecule has 0 aliphatic heterocycles. The molecular formula is C9H11ClN2O3. The third-order valence-electron chi connectivity index (χ3n) is 1.54. The largest absolute Gasteiger partial charge is 0.285 e. The Hall–Kier alpha value is -1.14. The van der Waals surface area contributed by atoms with Gasteiger partial charge in [-0.2, -0.15) is 0 Å². The van der Waals surface area contributed by atoms with Crippen LogP contribution in [0.5, 0.6) is 0 Å². The van der Waals surface area contributed by atoms with Crippen molar-refractivity contribution in [2.75, 3.05) is 13.8 Å². The van der Waals surface area contributed by atoms with Crippen LogP contribution in [0, 0.1) is 0 Å². The quantitative estimate of drug-likeness (QED) is 0.344. The topological polar surface area (TPSA) is 59.6 Å². The van der Waals surface area contributed by atoms with Crippen LogP contribution in [-0.2, 0) is 9.78 Å². The maximum Gasteiger partial charge on any atom is 0.265 e.